The first-order valence-electron chi connectivity index (χ1n) is 8.38. The van der Waals surface area contributed by atoms with Crippen molar-refractivity contribution in [1.29, 1.82) is 0 Å². The molecule has 4 N–H and O–H groups in total. The summed E-state index contributed by atoms with van der Waals surface area (Å²) in [5.41, 5.74) is 9.04. The Hall–Kier alpha value is -2.66. The van der Waals surface area contributed by atoms with E-state index in [1.165, 1.54) is 0 Å². The van der Waals surface area contributed by atoms with Crippen LogP contribution in [-0.4, -0.2) is 23.9 Å². The molecule has 132 valence electrons. The standard InChI is InChI=1S/C20H25N3O2/c1-13(2)22-19(24)17-10-9-16(11-14(17)3)23-20(25)18(21)12-15-7-5-4-6-8-15/h4-11,13,18H,12,21H2,1-3H3,(H,22,24)(H,23,25)/t18-/m0/s1. The summed E-state index contributed by atoms with van der Waals surface area (Å²) in [6.45, 7) is 5.67. The summed E-state index contributed by atoms with van der Waals surface area (Å²) in [5.74, 6) is -0.367. The number of nitrogens with two attached hydrogens (primary N) is 1. The lowest BCUT2D eigenvalue weighted by molar-refractivity contribution is -0.117. The Kier molecular flexibility index (Phi) is 6.31. The van der Waals surface area contributed by atoms with E-state index in [0.717, 1.165) is 11.1 Å². The van der Waals surface area contributed by atoms with Crippen molar-refractivity contribution in [2.45, 2.75) is 39.3 Å². The van der Waals surface area contributed by atoms with Crippen molar-refractivity contribution in [3.05, 3.63) is 65.2 Å². The molecule has 2 aromatic rings. The van der Waals surface area contributed by atoms with Gasteiger partial charge in [-0.15, -0.1) is 0 Å². The largest absolute Gasteiger partial charge is 0.350 e. The predicted octanol–water partition coefficient (Wildman–Crippen LogP) is 2.64. The molecule has 0 bridgehead atoms. The van der Waals surface area contributed by atoms with Gasteiger partial charge in [-0.1, -0.05) is 30.3 Å². The predicted molar refractivity (Wildman–Crippen MR) is 101 cm³/mol. The summed E-state index contributed by atoms with van der Waals surface area (Å²) in [5, 5.41) is 5.67. The number of rotatable bonds is 6. The first-order chi connectivity index (χ1) is 11.9. The van der Waals surface area contributed by atoms with Crippen molar-refractivity contribution < 1.29 is 9.59 Å². The van der Waals surface area contributed by atoms with Gasteiger partial charge in [0.05, 0.1) is 6.04 Å². The number of benzene rings is 2. The fourth-order valence-corrected chi connectivity index (χ4v) is 2.53. The summed E-state index contributed by atoms with van der Waals surface area (Å²) in [6, 6.07) is 14.3. The van der Waals surface area contributed by atoms with Crippen LogP contribution in [0.25, 0.3) is 0 Å². The van der Waals surface area contributed by atoms with Crippen LogP contribution >= 0.6 is 0 Å². The van der Waals surface area contributed by atoms with Gasteiger partial charge in [0.15, 0.2) is 0 Å². The van der Waals surface area contributed by atoms with Gasteiger partial charge in [0.25, 0.3) is 5.91 Å². The van der Waals surface area contributed by atoms with E-state index in [0.29, 0.717) is 17.7 Å². The number of anilines is 1. The lowest BCUT2D eigenvalue weighted by atomic mass is 10.0. The molecular formula is C20H25N3O2. The Morgan fingerprint density at radius 3 is 2.36 bits per heavy atom. The zero-order chi connectivity index (χ0) is 18.4. The summed E-state index contributed by atoms with van der Waals surface area (Å²) >= 11 is 0. The van der Waals surface area contributed by atoms with E-state index in [1.807, 2.05) is 51.1 Å². The van der Waals surface area contributed by atoms with Crippen molar-refractivity contribution >= 4 is 17.5 Å². The third kappa shape index (κ3) is 5.43. The normalized spacial score (nSPS) is 11.9. The molecule has 0 unspecified atom stereocenters. The van der Waals surface area contributed by atoms with Gasteiger partial charge in [0.2, 0.25) is 5.91 Å². The van der Waals surface area contributed by atoms with Gasteiger partial charge in [-0.05, 0) is 56.5 Å². The molecule has 2 amide bonds. The number of carbonyl (C=O) groups is 2. The second-order valence-electron chi connectivity index (χ2n) is 6.44. The maximum Gasteiger partial charge on any atom is 0.251 e. The zero-order valence-electron chi connectivity index (χ0n) is 14.9. The Labute approximate surface area is 148 Å². The molecule has 0 heterocycles. The van der Waals surface area contributed by atoms with Crippen LogP contribution in [0.2, 0.25) is 0 Å². The number of amides is 2. The summed E-state index contributed by atoms with van der Waals surface area (Å²) in [7, 11) is 0. The molecule has 5 nitrogen and oxygen atoms in total. The quantitative estimate of drug-likeness (QED) is 0.756. The van der Waals surface area contributed by atoms with Crippen LogP contribution in [0.15, 0.2) is 48.5 Å². The molecule has 0 aliphatic rings. The highest BCUT2D eigenvalue weighted by Gasteiger charge is 2.15. The van der Waals surface area contributed by atoms with Crippen LogP contribution in [0.1, 0.15) is 35.3 Å². The van der Waals surface area contributed by atoms with Crippen molar-refractivity contribution in [2.24, 2.45) is 5.73 Å². The van der Waals surface area contributed by atoms with Crippen LogP contribution < -0.4 is 16.4 Å². The average Bonchev–Trinajstić information content (AvgIpc) is 2.55. The summed E-state index contributed by atoms with van der Waals surface area (Å²) < 4.78 is 0. The molecular weight excluding hydrogens is 314 g/mol. The first-order valence-corrected chi connectivity index (χ1v) is 8.38. The third-order valence-corrected chi connectivity index (χ3v) is 3.79. The van der Waals surface area contributed by atoms with Crippen LogP contribution in [0.5, 0.6) is 0 Å². The number of aryl methyl sites for hydroxylation is 1. The maximum absolute atomic E-state index is 12.3. The van der Waals surface area contributed by atoms with E-state index in [1.54, 1.807) is 18.2 Å². The van der Waals surface area contributed by atoms with E-state index in [4.69, 9.17) is 5.73 Å². The van der Waals surface area contributed by atoms with E-state index in [9.17, 15) is 9.59 Å². The second kappa shape index (κ2) is 8.44. The van der Waals surface area contributed by atoms with Crippen molar-refractivity contribution in [1.82, 2.24) is 5.32 Å². The van der Waals surface area contributed by atoms with Gasteiger partial charge in [-0.3, -0.25) is 9.59 Å². The number of nitrogens with one attached hydrogen (secondary N) is 2. The van der Waals surface area contributed by atoms with E-state index in [-0.39, 0.29) is 17.9 Å². The van der Waals surface area contributed by atoms with Crippen LogP contribution in [0.3, 0.4) is 0 Å². The minimum Gasteiger partial charge on any atom is -0.350 e. The molecule has 0 fully saturated rings. The fraction of sp³-hybridized carbons (Fsp3) is 0.300. The average molecular weight is 339 g/mol. The van der Waals surface area contributed by atoms with Gasteiger partial charge in [0.1, 0.15) is 0 Å². The van der Waals surface area contributed by atoms with E-state index in [2.05, 4.69) is 10.6 Å². The Bertz CT molecular complexity index is 742. The highest BCUT2D eigenvalue weighted by molar-refractivity contribution is 5.98. The van der Waals surface area contributed by atoms with Crippen molar-refractivity contribution in [3.8, 4) is 0 Å². The highest BCUT2D eigenvalue weighted by Crippen LogP contribution is 2.16. The van der Waals surface area contributed by atoms with Crippen LogP contribution in [0.4, 0.5) is 5.69 Å². The molecule has 0 spiro atoms. The van der Waals surface area contributed by atoms with Crippen LogP contribution in [-0.2, 0) is 11.2 Å². The fourth-order valence-electron chi connectivity index (χ4n) is 2.53. The summed E-state index contributed by atoms with van der Waals surface area (Å²) in [6.07, 6.45) is 0.473. The molecule has 0 saturated carbocycles. The van der Waals surface area contributed by atoms with Crippen molar-refractivity contribution in [3.63, 3.8) is 0 Å². The van der Waals surface area contributed by atoms with Crippen molar-refractivity contribution in [2.75, 3.05) is 5.32 Å². The van der Waals surface area contributed by atoms with Gasteiger partial charge >= 0.3 is 0 Å². The second-order valence-corrected chi connectivity index (χ2v) is 6.44. The number of hydrogen-bond donors (Lipinski definition) is 3. The Balaban J connectivity index is 2.01. The minimum atomic E-state index is -0.633. The molecule has 1 atom stereocenters. The molecule has 0 radical (unpaired) electrons. The molecule has 0 aliphatic heterocycles. The van der Waals surface area contributed by atoms with Gasteiger partial charge in [0, 0.05) is 17.3 Å². The maximum atomic E-state index is 12.3. The first kappa shape index (κ1) is 18.7. The van der Waals surface area contributed by atoms with Gasteiger partial charge in [-0.25, -0.2) is 0 Å². The molecule has 25 heavy (non-hydrogen) atoms. The summed E-state index contributed by atoms with van der Waals surface area (Å²) in [4.78, 5) is 24.4. The molecule has 2 aromatic carbocycles. The minimum absolute atomic E-state index is 0.0715. The molecule has 5 heteroatoms. The smallest absolute Gasteiger partial charge is 0.251 e. The molecule has 0 aliphatic carbocycles. The highest BCUT2D eigenvalue weighted by atomic mass is 16.2. The van der Waals surface area contributed by atoms with Gasteiger partial charge < -0.3 is 16.4 Å². The number of carbonyl (C=O) groups excluding carboxylic acids is 2. The third-order valence-electron chi connectivity index (χ3n) is 3.79. The molecule has 0 saturated heterocycles. The van der Waals surface area contributed by atoms with Gasteiger partial charge in [-0.2, -0.15) is 0 Å². The lowest BCUT2D eigenvalue weighted by Gasteiger charge is -2.14. The lowest BCUT2D eigenvalue weighted by Crippen LogP contribution is -2.37. The Morgan fingerprint density at radius 2 is 1.76 bits per heavy atom. The topological polar surface area (TPSA) is 84.2 Å². The van der Waals surface area contributed by atoms with Crippen LogP contribution in [0, 0.1) is 6.92 Å². The van der Waals surface area contributed by atoms with E-state index >= 15 is 0 Å². The van der Waals surface area contributed by atoms with E-state index < -0.39 is 6.04 Å². The SMILES string of the molecule is Cc1cc(NC(=O)[C@@H](N)Cc2ccccc2)ccc1C(=O)NC(C)C. The zero-order valence-corrected chi connectivity index (χ0v) is 14.9. The Morgan fingerprint density at radius 1 is 1.08 bits per heavy atom. The number of hydrogen-bond acceptors (Lipinski definition) is 3. The molecule has 0 aromatic heterocycles. The monoisotopic (exact) mass is 339 g/mol. The molecule has 2 rings (SSSR count).